The fourth-order valence-electron chi connectivity index (χ4n) is 5.43. The molecule has 0 saturated carbocycles. The molecule has 7 nitrogen and oxygen atoms in total. The molecule has 0 bridgehead atoms. The van der Waals surface area contributed by atoms with Gasteiger partial charge in [0.15, 0.2) is 16.3 Å². The summed E-state index contributed by atoms with van der Waals surface area (Å²) >= 11 is 11.1. The molecule has 45 heavy (non-hydrogen) atoms. The zero-order chi connectivity index (χ0) is 31.7. The molecule has 0 amide bonds. The molecule has 1 aliphatic rings. The first-order valence-electron chi connectivity index (χ1n) is 14.2. The number of ether oxygens (including phenoxy) is 3. The lowest BCUT2D eigenvalue weighted by Crippen LogP contribution is -2.39. The summed E-state index contributed by atoms with van der Waals surface area (Å²) in [7, 11) is 1.58. The van der Waals surface area contributed by atoms with Crippen LogP contribution in [0.5, 0.6) is 11.5 Å². The van der Waals surface area contributed by atoms with Crippen molar-refractivity contribution in [2.75, 3.05) is 13.7 Å². The molecule has 1 atom stereocenters. The van der Waals surface area contributed by atoms with Crippen LogP contribution in [0.25, 0.3) is 16.8 Å². The van der Waals surface area contributed by atoms with Crippen LogP contribution in [-0.2, 0) is 16.1 Å². The maximum Gasteiger partial charge on any atom is 0.338 e. The van der Waals surface area contributed by atoms with E-state index in [1.165, 1.54) is 11.3 Å². The third kappa shape index (κ3) is 6.08. The molecule has 5 aromatic rings. The lowest BCUT2D eigenvalue weighted by Gasteiger charge is -2.24. The summed E-state index contributed by atoms with van der Waals surface area (Å²) in [5.41, 5.74) is 3.04. The van der Waals surface area contributed by atoms with E-state index >= 15 is 0 Å². The second kappa shape index (κ2) is 13.0. The minimum atomic E-state index is -0.717. The van der Waals surface area contributed by atoms with Crippen molar-refractivity contribution in [2.24, 2.45) is 4.99 Å². The normalized spacial score (nSPS) is 14.7. The van der Waals surface area contributed by atoms with E-state index < -0.39 is 12.0 Å². The van der Waals surface area contributed by atoms with Gasteiger partial charge in [-0.05, 0) is 87.6 Å². The summed E-state index contributed by atoms with van der Waals surface area (Å²) in [4.78, 5) is 32.2. The number of hydrogen-bond donors (Lipinski definition) is 0. The van der Waals surface area contributed by atoms with E-state index in [0.29, 0.717) is 48.2 Å². The SMILES string of the molecule is CCOC(=O)C1=C(C)N=c2s/c(=C\c3cc(Br)c(OCc4cccc5ccccc45)c(OC)c3)c(=O)n2[C@H]1c1ccc(Cl)cc1. The highest BCUT2D eigenvalue weighted by molar-refractivity contribution is 9.10. The summed E-state index contributed by atoms with van der Waals surface area (Å²) in [5.74, 6) is 0.561. The summed E-state index contributed by atoms with van der Waals surface area (Å²) in [6.45, 7) is 4.05. The van der Waals surface area contributed by atoms with Crippen LogP contribution in [-0.4, -0.2) is 24.3 Å². The predicted octanol–water partition coefficient (Wildman–Crippen LogP) is 6.96. The molecule has 0 N–H and O–H groups in total. The van der Waals surface area contributed by atoms with Crippen LogP contribution in [0.1, 0.15) is 36.6 Å². The van der Waals surface area contributed by atoms with Crippen molar-refractivity contribution in [3.63, 3.8) is 0 Å². The molecule has 228 valence electrons. The van der Waals surface area contributed by atoms with Crippen molar-refractivity contribution >= 4 is 61.7 Å². The Hall–Kier alpha value is -4.18. The number of thiazole rings is 1. The van der Waals surface area contributed by atoms with Crippen molar-refractivity contribution < 1.29 is 19.0 Å². The largest absolute Gasteiger partial charge is 0.493 e. The average Bonchev–Trinajstić information content (AvgIpc) is 3.33. The molecule has 0 spiro atoms. The first kappa shape index (κ1) is 30.8. The first-order valence-corrected chi connectivity index (χ1v) is 16.2. The number of fused-ring (bicyclic) bond motifs is 2. The van der Waals surface area contributed by atoms with Crippen molar-refractivity contribution in [3.05, 3.63) is 136 Å². The Labute approximate surface area is 276 Å². The van der Waals surface area contributed by atoms with Crippen LogP contribution in [0.15, 0.2) is 104 Å². The number of carbonyl (C=O) groups excluding carboxylic acids is 1. The average molecular weight is 704 g/mol. The quantitative estimate of drug-likeness (QED) is 0.164. The molecular weight excluding hydrogens is 676 g/mol. The highest BCUT2D eigenvalue weighted by Crippen LogP contribution is 2.38. The Balaban J connectivity index is 1.39. The predicted molar refractivity (Wildman–Crippen MR) is 181 cm³/mol. The summed E-state index contributed by atoms with van der Waals surface area (Å²) < 4.78 is 20.0. The Bertz CT molecular complexity index is 2150. The number of aromatic nitrogens is 1. The van der Waals surface area contributed by atoms with Crippen LogP contribution >= 0.6 is 38.9 Å². The van der Waals surface area contributed by atoms with Crippen LogP contribution < -0.4 is 24.4 Å². The number of benzene rings is 4. The zero-order valence-electron chi connectivity index (χ0n) is 24.7. The van der Waals surface area contributed by atoms with Gasteiger partial charge in [-0.2, -0.15) is 0 Å². The Morgan fingerprint density at radius 1 is 1.09 bits per heavy atom. The van der Waals surface area contributed by atoms with Crippen molar-refractivity contribution in [2.45, 2.75) is 26.5 Å². The minimum Gasteiger partial charge on any atom is -0.493 e. The molecule has 1 aliphatic heterocycles. The van der Waals surface area contributed by atoms with E-state index in [1.54, 1.807) is 55.9 Å². The smallest absolute Gasteiger partial charge is 0.338 e. The Morgan fingerprint density at radius 2 is 1.84 bits per heavy atom. The van der Waals surface area contributed by atoms with Gasteiger partial charge in [0.05, 0.1) is 40.0 Å². The summed E-state index contributed by atoms with van der Waals surface area (Å²) in [6, 6.07) is 24.4. The molecule has 0 saturated heterocycles. The standard InChI is InChI=1S/C35H28BrClN2O5S/c1-4-43-34(41)30-20(2)38-35-39(31(30)23-12-14-25(37)15-13-23)33(40)29(45-35)18-21-16-27(36)32(28(17-21)42-3)44-19-24-10-7-9-22-8-5-6-11-26(22)24/h5-18,31H,4,19H2,1-3H3/b29-18-/t31-/m0/s1. The second-order valence-electron chi connectivity index (χ2n) is 10.3. The number of rotatable bonds is 8. The first-order chi connectivity index (χ1) is 21.8. The van der Waals surface area contributed by atoms with E-state index in [2.05, 4.69) is 39.1 Å². The molecule has 10 heteroatoms. The van der Waals surface area contributed by atoms with Crippen LogP contribution in [0.3, 0.4) is 0 Å². The summed E-state index contributed by atoms with van der Waals surface area (Å²) in [6.07, 6.45) is 1.79. The van der Waals surface area contributed by atoms with Crippen LogP contribution in [0, 0.1) is 0 Å². The number of esters is 1. The van der Waals surface area contributed by atoms with Crippen LogP contribution in [0.4, 0.5) is 0 Å². The van der Waals surface area contributed by atoms with Crippen LogP contribution in [0.2, 0.25) is 5.02 Å². The third-order valence-corrected chi connectivity index (χ3v) is 9.33. The van der Waals surface area contributed by atoms with Gasteiger partial charge in [-0.25, -0.2) is 9.79 Å². The van der Waals surface area contributed by atoms with E-state index in [9.17, 15) is 9.59 Å². The number of nitrogens with zero attached hydrogens (tertiary/aromatic N) is 2. The molecule has 2 heterocycles. The number of allylic oxidation sites excluding steroid dienone is 1. The Morgan fingerprint density at radius 3 is 2.60 bits per heavy atom. The number of methoxy groups -OCH3 is 1. The monoisotopic (exact) mass is 702 g/mol. The maximum absolute atomic E-state index is 14.0. The van der Waals surface area contributed by atoms with Crippen molar-refractivity contribution in [1.29, 1.82) is 0 Å². The topological polar surface area (TPSA) is 79.1 Å². The lowest BCUT2D eigenvalue weighted by molar-refractivity contribution is -0.139. The molecular formula is C35H28BrClN2O5S. The van der Waals surface area contributed by atoms with Gasteiger partial charge in [0.25, 0.3) is 5.56 Å². The highest BCUT2D eigenvalue weighted by Gasteiger charge is 2.33. The van der Waals surface area contributed by atoms with Gasteiger partial charge in [-0.15, -0.1) is 0 Å². The third-order valence-electron chi connectivity index (χ3n) is 7.50. The fourth-order valence-corrected chi connectivity index (χ4v) is 7.18. The second-order valence-corrected chi connectivity index (χ2v) is 12.6. The van der Waals surface area contributed by atoms with Crippen molar-refractivity contribution in [1.82, 2.24) is 4.57 Å². The van der Waals surface area contributed by atoms with Gasteiger partial charge < -0.3 is 14.2 Å². The van der Waals surface area contributed by atoms with E-state index in [0.717, 1.165) is 27.5 Å². The molecule has 1 aromatic heterocycles. The van der Waals surface area contributed by atoms with Gasteiger partial charge in [0.2, 0.25) is 0 Å². The van der Waals surface area contributed by atoms with E-state index in [4.69, 9.17) is 25.8 Å². The van der Waals surface area contributed by atoms with Gasteiger partial charge in [0, 0.05) is 5.02 Å². The fraction of sp³-hybridized carbons (Fsp3) is 0.171. The van der Waals surface area contributed by atoms with E-state index in [-0.39, 0.29) is 12.2 Å². The molecule has 0 unspecified atom stereocenters. The number of halogens is 2. The minimum absolute atomic E-state index is 0.200. The maximum atomic E-state index is 14.0. The van der Waals surface area contributed by atoms with Gasteiger partial charge in [-0.1, -0.05) is 77.5 Å². The van der Waals surface area contributed by atoms with Gasteiger partial charge in [0.1, 0.15) is 6.61 Å². The molecule has 0 radical (unpaired) electrons. The molecule has 0 fully saturated rings. The molecule has 6 rings (SSSR count). The summed E-state index contributed by atoms with van der Waals surface area (Å²) in [5, 5.41) is 2.82. The molecule has 0 aliphatic carbocycles. The van der Waals surface area contributed by atoms with E-state index in [1.807, 2.05) is 36.4 Å². The highest BCUT2D eigenvalue weighted by atomic mass is 79.9. The molecule has 4 aromatic carbocycles. The van der Waals surface area contributed by atoms with Gasteiger partial charge >= 0.3 is 5.97 Å². The lowest BCUT2D eigenvalue weighted by atomic mass is 9.96. The number of hydrogen-bond acceptors (Lipinski definition) is 7. The zero-order valence-corrected chi connectivity index (χ0v) is 27.8. The van der Waals surface area contributed by atoms with Crippen molar-refractivity contribution in [3.8, 4) is 11.5 Å². The Kier molecular flexibility index (Phi) is 8.94. The van der Waals surface area contributed by atoms with Gasteiger partial charge in [-0.3, -0.25) is 9.36 Å². The number of carbonyl (C=O) groups is 1.